The number of carbonyl (C=O) groups is 1. The Morgan fingerprint density at radius 2 is 1.82 bits per heavy atom. The molecule has 0 bridgehead atoms. The predicted octanol–water partition coefficient (Wildman–Crippen LogP) is 6.22. The first-order valence-electron chi connectivity index (χ1n) is 6.34. The molecule has 0 radical (unpaired) electrons. The van der Waals surface area contributed by atoms with Gasteiger partial charge in [-0.05, 0) is 23.8 Å². The number of benzene rings is 2. The Hall–Kier alpha value is -1.26. The average Bonchev–Trinajstić information content (AvgIpc) is 2.86. The standard InChI is InChI=1S/C16H9Cl3O2S/c17-11-6-5-9(7-12(11)18)8-21-16(20)15-14(19)10-3-1-2-4-13(10)22-15/h1-7H,8H2. The highest BCUT2D eigenvalue weighted by Crippen LogP contribution is 2.35. The second-order valence-corrected chi connectivity index (χ2v) is 6.81. The fraction of sp³-hybridized carbons (Fsp3) is 0.0625. The van der Waals surface area contributed by atoms with Crippen molar-refractivity contribution in [2.45, 2.75) is 6.61 Å². The predicted molar refractivity (Wildman–Crippen MR) is 92.4 cm³/mol. The monoisotopic (exact) mass is 370 g/mol. The summed E-state index contributed by atoms with van der Waals surface area (Å²) in [6.07, 6.45) is 0. The smallest absolute Gasteiger partial charge is 0.350 e. The van der Waals surface area contributed by atoms with Gasteiger partial charge in [-0.1, -0.05) is 59.1 Å². The maximum atomic E-state index is 12.2. The van der Waals surface area contributed by atoms with Crippen molar-refractivity contribution in [3.63, 3.8) is 0 Å². The molecule has 0 spiro atoms. The van der Waals surface area contributed by atoms with Crippen molar-refractivity contribution in [3.8, 4) is 0 Å². The molecular formula is C16H9Cl3O2S. The van der Waals surface area contributed by atoms with E-state index in [0.717, 1.165) is 15.6 Å². The van der Waals surface area contributed by atoms with Crippen LogP contribution >= 0.6 is 46.1 Å². The molecule has 0 saturated heterocycles. The average molecular weight is 372 g/mol. The van der Waals surface area contributed by atoms with Crippen LogP contribution in [0.25, 0.3) is 10.1 Å². The molecule has 2 nitrogen and oxygen atoms in total. The minimum absolute atomic E-state index is 0.111. The summed E-state index contributed by atoms with van der Waals surface area (Å²) < 4.78 is 6.26. The summed E-state index contributed by atoms with van der Waals surface area (Å²) in [4.78, 5) is 12.6. The largest absolute Gasteiger partial charge is 0.457 e. The van der Waals surface area contributed by atoms with Gasteiger partial charge in [0.05, 0.1) is 15.1 Å². The quantitative estimate of drug-likeness (QED) is 0.511. The van der Waals surface area contributed by atoms with E-state index in [9.17, 15) is 4.79 Å². The van der Waals surface area contributed by atoms with Gasteiger partial charge < -0.3 is 4.74 Å². The highest BCUT2D eigenvalue weighted by molar-refractivity contribution is 7.21. The Labute approximate surface area is 146 Å². The summed E-state index contributed by atoms with van der Waals surface area (Å²) in [5.74, 6) is -0.447. The SMILES string of the molecule is O=C(OCc1ccc(Cl)c(Cl)c1)c1sc2ccccc2c1Cl. The normalized spacial score (nSPS) is 10.9. The summed E-state index contributed by atoms with van der Waals surface area (Å²) in [6, 6.07) is 12.7. The molecule has 0 saturated carbocycles. The molecule has 6 heteroatoms. The van der Waals surface area contributed by atoms with Crippen LogP contribution in [0.1, 0.15) is 15.2 Å². The summed E-state index contributed by atoms with van der Waals surface area (Å²) in [7, 11) is 0. The fourth-order valence-corrected chi connectivity index (χ4v) is 3.71. The van der Waals surface area contributed by atoms with E-state index in [1.165, 1.54) is 11.3 Å². The molecule has 3 rings (SSSR count). The molecular weight excluding hydrogens is 363 g/mol. The number of thiophene rings is 1. The lowest BCUT2D eigenvalue weighted by Crippen LogP contribution is -2.03. The van der Waals surface area contributed by atoms with Crippen molar-refractivity contribution in [2.24, 2.45) is 0 Å². The van der Waals surface area contributed by atoms with Crippen molar-refractivity contribution < 1.29 is 9.53 Å². The summed E-state index contributed by atoms with van der Waals surface area (Å²) in [5.41, 5.74) is 0.764. The van der Waals surface area contributed by atoms with Crippen LogP contribution < -0.4 is 0 Å². The fourth-order valence-electron chi connectivity index (χ4n) is 1.99. The number of hydrogen-bond acceptors (Lipinski definition) is 3. The molecule has 1 heterocycles. The number of halogens is 3. The second-order valence-electron chi connectivity index (χ2n) is 4.57. The highest BCUT2D eigenvalue weighted by Gasteiger charge is 2.18. The zero-order chi connectivity index (χ0) is 15.7. The third-order valence-electron chi connectivity index (χ3n) is 3.07. The lowest BCUT2D eigenvalue weighted by atomic mass is 10.2. The first-order chi connectivity index (χ1) is 10.6. The Morgan fingerprint density at radius 1 is 1.05 bits per heavy atom. The molecule has 1 aromatic heterocycles. The molecule has 0 aliphatic heterocycles. The van der Waals surface area contributed by atoms with Gasteiger partial charge in [0.15, 0.2) is 0 Å². The van der Waals surface area contributed by atoms with Crippen LogP contribution in [-0.4, -0.2) is 5.97 Å². The molecule has 0 unspecified atom stereocenters. The Bertz CT molecular complexity index is 858. The van der Waals surface area contributed by atoms with Gasteiger partial charge in [-0.15, -0.1) is 11.3 Å². The number of hydrogen-bond donors (Lipinski definition) is 0. The summed E-state index contributed by atoms with van der Waals surface area (Å²) >= 11 is 19.4. The van der Waals surface area contributed by atoms with Crippen LogP contribution in [0.5, 0.6) is 0 Å². The lowest BCUT2D eigenvalue weighted by molar-refractivity contribution is 0.0479. The number of ether oxygens (including phenoxy) is 1. The molecule has 0 aliphatic rings. The minimum Gasteiger partial charge on any atom is -0.457 e. The van der Waals surface area contributed by atoms with Crippen LogP contribution in [-0.2, 0) is 11.3 Å². The van der Waals surface area contributed by atoms with Gasteiger partial charge >= 0.3 is 5.97 Å². The van der Waals surface area contributed by atoms with Gasteiger partial charge in [0.1, 0.15) is 11.5 Å². The Morgan fingerprint density at radius 3 is 2.55 bits per heavy atom. The van der Waals surface area contributed by atoms with Crippen LogP contribution in [0.3, 0.4) is 0 Å². The van der Waals surface area contributed by atoms with Crippen molar-refractivity contribution in [1.29, 1.82) is 0 Å². The van der Waals surface area contributed by atoms with E-state index in [0.29, 0.717) is 19.9 Å². The molecule has 0 N–H and O–H groups in total. The van der Waals surface area contributed by atoms with E-state index >= 15 is 0 Å². The highest BCUT2D eigenvalue weighted by atomic mass is 35.5. The van der Waals surface area contributed by atoms with E-state index in [1.807, 2.05) is 24.3 Å². The third kappa shape index (κ3) is 3.08. The van der Waals surface area contributed by atoms with Crippen molar-refractivity contribution in [3.05, 3.63) is 68.0 Å². The van der Waals surface area contributed by atoms with Crippen LogP contribution in [0.4, 0.5) is 0 Å². The molecule has 112 valence electrons. The van der Waals surface area contributed by atoms with Crippen molar-refractivity contribution >= 4 is 62.2 Å². The number of esters is 1. The zero-order valence-corrected chi connectivity index (χ0v) is 14.2. The van der Waals surface area contributed by atoms with Gasteiger partial charge in [-0.3, -0.25) is 0 Å². The van der Waals surface area contributed by atoms with Gasteiger partial charge in [0, 0.05) is 10.1 Å². The lowest BCUT2D eigenvalue weighted by Gasteiger charge is -2.05. The molecule has 2 aromatic carbocycles. The van der Waals surface area contributed by atoms with Crippen LogP contribution in [0.2, 0.25) is 15.1 Å². The van der Waals surface area contributed by atoms with E-state index in [1.54, 1.807) is 18.2 Å². The Balaban J connectivity index is 1.78. The molecule has 0 amide bonds. The van der Waals surface area contributed by atoms with Crippen LogP contribution in [0, 0.1) is 0 Å². The Kier molecular flexibility index (Phi) is 4.59. The topological polar surface area (TPSA) is 26.3 Å². The minimum atomic E-state index is -0.447. The van der Waals surface area contributed by atoms with Gasteiger partial charge in [-0.2, -0.15) is 0 Å². The van der Waals surface area contributed by atoms with Crippen molar-refractivity contribution in [1.82, 2.24) is 0 Å². The van der Waals surface area contributed by atoms with Crippen molar-refractivity contribution in [2.75, 3.05) is 0 Å². The number of fused-ring (bicyclic) bond motifs is 1. The van der Waals surface area contributed by atoms with Crippen LogP contribution in [0.15, 0.2) is 42.5 Å². The first-order valence-corrected chi connectivity index (χ1v) is 8.29. The maximum absolute atomic E-state index is 12.2. The molecule has 0 atom stereocenters. The zero-order valence-electron chi connectivity index (χ0n) is 11.1. The molecule has 0 aliphatic carbocycles. The number of rotatable bonds is 3. The molecule has 0 fully saturated rings. The van der Waals surface area contributed by atoms with E-state index in [-0.39, 0.29) is 6.61 Å². The third-order valence-corrected chi connectivity index (χ3v) is 5.47. The maximum Gasteiger partial charge on any atom is 0.350 e. The molecule has 3 aromatic rings. The van der Waals surface area contributed by atoms with Gasteiger partial charge in [0.2, 0.25) is 0 Å². The first kappa shape index (κ1) is 15.6. The molecule has 22 heavy (non-hydrogen) atoms. The summed E-state index contributed by atoms with van der Waals surface area (Å²) in [5, 5.41) is 2.18. The number of carbonyl (C=O) groups excluding carboxylic acids is 1. The van der Waals surface area contributed by atoms with E-state index in [2.05, 4.69) is 0 Å². The van der Waals surface area contributed by atoms with E-state index < -0.39 is 5.97 Å². The second kappa shape index (κ2) is 6.47. The summed E-state index contributed by atoms with van der Waals surface area (Å²) in [6.45, 7) is 0.111. The van der Waals surface area contributed by atoms with E-state index in [4.69, 9.17) is 39.5 Å². The van der Waals surface area contributed by atoms with Gasteiger partial charge in [-0.25, -0.2) is 4.79 Å². The van der Waals surface area contributed by atoms with Gasteiger partial charge in [0.25, 0.3) is 0 Å².